The fourth-order valence-corrected chi connectivity index (χ4v) is 1.84. The molecular formula is C12H13BrN4O2. The molecule has 0 aliphatic rings. The molecule has 0 saturated heterocycles. The Morgan fingerprint density at radius 2 is 2.32 bits per heavy atom. The average Bonchev–Trinajstić information content (AvgIpc) is 2.87. The number of hydrogen-bond acceptors (Lipinski definition) is 4. The summed E-state index contributed by atoms with van der Waals surface area (Å²) in [5.41, 5.74) is 1.15. The van der Waals surface area contributed by atoms with Gasteiger partial charge in [-0.3, -0.25) is 4.79 Å². The molecule has 0 spiro atoms. The Kier molecular flexibility index (Phi) is 4.16. The zero-order chi connectivity index (χ0) is 13.8. The van der Waals surface area contributed by atoms with Crippen molar-refractivity contribution in [1.82, 2.24) is 20.3 Å². The fraction of sp³-hybridized carbons (Fsp3) is 0.250. The molecule has 2 N–H and O–H groups in total. The number of aromatic hydroxyl groups is 1. The van der Waals surface area contributed by atoms with Crippen LogP contribution >= 0.6 is 15.9 Å². The third kappa shape index (κ3) is 3.31. The van der Waals surface area contributed by atoms with Gasteiger partial charge in [0, 0.05) is 10.9 Å². The Hall–Kier alpha value is -1.89. The third-order valence-corrected chi connectivity index (χ3v) is 3.01. The first-order valence-electron chi connectivity index (χ1n) is 5.77. The maximum absolute atomic E-state index is 11.1. The second kappa shape index (κ2) is 5.83. The zero-order valence-corrected chi connectivity index (χ0v) is 11.9. The van der Waals surface area contributed by atoms with E-state index in [4.69, 9.17) is 0 Å². The van der Waals surface area contributed by atoms with Gasteiger partial charge in [-0.25, -0.2) is 4.68 Å². The van der Waals surface area contributed by atoms with Gasteiger partial charge < -0.3 is 10.4 Å². The van der Waals surface area contributed by atoms with Crippen molar-refractivity contribution in [2.75, 3.05) is 0 Å². The van der Waals surface area contributed by atoms with Gasteiger partial charge in [-0.2, -0.15) is 0 Å². The molecule has 1 amide bonds. The summed E-state index contributed by atoms with van der Waals surface area (Å²) in [6, 6.07) is 5.04. The molecule has 0 aliphatic heterocycles. The summed E-state index contributed by atoms with van der Waals surface area (Å²) < 4.78 is 2.30. The van der Waals surface area contributed by atoms with Gasteiger partial charge in [-0.05, 0) is 18.2 Å². The van der Waals surface area contributed by atoms with Crippen molar-refractivity contribution >= 4 is 21.8 Å². The SMILES string of the molecule is CCC(=O)NCc1cn(-c2cc(Br)ccc2O)nn1. The van der Waals surface area contributed by atoms with Gasteiger partial charge >= 0.3 is 0 Å². The summed E-state index contributed by atoms with van der Waals surface area (Å²) >= 11 is 3.33. The third-order valence-electron chi connectivity index (χ3n) is 2.51. The summed E-state index contributed by atoms with van der Waals surface area (Å²) in [5.74, 6) is 0.0668. The quantitative estimate of drug-likeness (QED) is 0.898. The average molecular weight is 325 g/mol. The molecule has 7 heteroatoms. The Morgan fingerprint density at radius 1 is 1.53 bits per heavy atom. The van der Waals surface area contributed by atoms with Crippen LogP contribution < -0.4 is 5.32 Å². The van der Waals surface area contributed by atoms with E-state index in [0.29, 0.717) is 24.3 Å². The molecule has 100 valence electrons. The topological polar surface area (TPSA) is 80.0 Å². The van der Waals surface area contributed by atoms with E-state index in [2.05, 4.69) is 31.6 Å². The van der Waals surface area contributed by atoms with Gasteiger partial charge in [0.1, 0.15) is 17.1 Å². The molecule has 6 nitrogen and oxygen atoms in total. The van der Waals surface area contributed by atoms with Crippen molar-refractivity contribution in [3.63, 3.8) is 0 Å². The molecule has 0 fully saturated rings. The molecule has 0 saturated carbocycles. The van der Waals surface area contributed by atoms with Crippen molar-refractivity contribution in [1.29, 1.82) is 0 Å². The maximum Gasteiger partial charge on any atom is 0.220 e. The van der Waals surface area contributed by atoms with Gasteiger partial charge in [0.05, 0.1) is 12.7 Å². The molecular weight excluding hydrogens is 312 g/mol. The molecule has 0 unspecified atom stereocenters. The van der Waals surface area contributed by atoms with E-state index in [1.165, 1.54) is 4.68 Å². The minimum Gasteiger partial charge on any atom is -0.506 e. The van der Waals surface area contributed by atoms with E-state index in [-0.39, 0.29) is 11.7 Å². The highest BCUT2D eigenvalue weighted by atomic mass is 79.9. The van der Waals surface area contributed by atoms with Crippen molar-refractivity contribution in [3.05, 3.63) is 34.6 Å². The Bertz CT molecular complexity index is 597. The highest BCUT2D eigenvalue weighted by Crippen LogP contribution is 2.24. The number of carbonyl (C=O) groups excluding carboxylic acids is 1. The molecule has 2 rings (SSSR count). The second-order valence-corrected chi connectivity index (χ2v) is 4.83. The normalized spacial score (nSPS) is 10.4. The predicted molar refractivity (Wildman–Crippen MR) is 72.9 cm³/mol. The van der Waals surface area contributed by atoms with Crippen LogP contribution in [0.15, 0.2) is 28.9 Å². The van der Waals surface area contributed by atoms with Crippen LogP contribution in [0.4, 0.5) is 0 Å². The first-order chi connectivity index (χ1) is 9.10. The number of phenolic OH excluding ortho intramolecular Hbond substituents is 1. The number of phenols is 1. The van der Waals surface area contributed by atoms with Gasteiger partial charge in [0.15, 0.2) is 0 Å². The summed E-state index contributed by atoms with van der Waals surface area (Å²) in [4.78, 5) is 11.1. The fourth-order valence-electron chi connectivity index (χ4n) is 1.49. The summed E-state index contributed by atoms with van der Waals surface area (Å²) in [6.07, 6.45) is 2.10. The number of aromatic nitrogens is 3. The molecule has 1 aromatic carbocycles. The minimum atomic E-state index is -0.0418. The van der Waals surface area contributed by atoms with Gasteiger partial charge in [-0.15, -0.1) is 5.10 Å². The van der Waals surface area contributed by atoms with E-state index < -0.39 is 0 Å². The van der Waals surface area contributed by atoms with Crippen LogP contribution in [-0.2, 0) is 11.3 Å². The molecule has 19 heavy (non-hydrogen) atoms. The molecule has 0 atom stereocenters. The standard InChI is InChI=1S/C12H13BrN4O2/c1-2-12(19)14-6-9-7-17(16-15-9)10-5-8(13)3-4-11(10)18/h3-5,7,18H,2,6H2,1H3,(H,14,19). The van der Waals surface area contributed by atoms with E-state index in [1.54, 1.807) is 31.3 Å². The van der Waals surface area contributed by atoms with Crippen molar-refractivity contribution in [2.45, 2.75) is 19.9 Å². The Balaban J connectivity index is 2.16. The number of amides is 1. The lowest BCUT2D eigenvalue weighted by molar-refractivity contribution is -0.120. The van der Waals surface area contributed by atoms with Crippen LogP contribution in [0.25, 0.3) is 5.69 Å². The van der Waals surface area contributed by atoms with Crippen molar-refractivity contribution < 1.29 is 9.90 Å². The first kappa shape index (κ1) is 13.5. The van der Waals surface area contributed by atoms with Crippen molar-refractivity contribution in [3.8, 4) is 11.4 Å². The number of hydrogen-bond donors (Lipinski definition) is 2. The highest BCUT2D eigenvalue weighted by Gasteiger charge is 2.08. The number of nitrogens with zero attached hydrogens (tertiary/aromatic N) is 3. The summed E-state index contributed by atoms with van der Waals surface area (Å²) in [7, 11) is 0. The smallest absolute Gasteiger partial charge is 0.220 e. The first-order valence-corrected chi connectivity index (χ1v) is 6.56. The van der Waals surface area contributed by atoms with Crippen LogP contribution in [0, 0.1) is 0 Å². The molecule has 2 aromatic rings. The number of carbonyl (C=O) groups is 1. The van der Waals surface area contributed by atoms with Crippen LogP contribution in [0.5, 0.6) is 5.75 Å². The largest absolute Gasteiger partial charge is 0.506 e. The van der Waals surface area contributed by atoms with E-state index in [1.807, 2.05) is 0 Å². The number of benzene rings is 1. The maximum atomic E-state index is 11.1. The minimum absolute atomic E-state index is 0.0418. The van der Waals surface area contributed by atoms with Gasteiger partial charge in [0.2, 0.25) is 5.91 Å². The lowest BCUT2D eigenvalue weighted by atomic mass is 10.3. The molecule has 0 radical (unpaired) electrons. The van der Waals surface area contributed by atoms with E-state index in [0.717, 1.165) is 4.47 Å². The van der Waals surface area contributed by atoms with Gasteiger partial charge in [-0.1, -0.05) is 28.1 Å². The lowest BCUT2D eigenvalue weighted by Crippen LogP contribution is -2.21. The molecule has 1 heterocycles. The van der Waals surface area contributed by atoms with Crippen LogP contribution in [0.2, 0.25) is 0 Å². The summed E-state index contributed by atoms with van der Waals surface area (Å²) in [5, 5.41) is 20.4. The van der Waals surface area contributed by atoms with Crippen LogP contribution in [0.3, 0.4) is 0 Å². The zero-order valence-electron chi connectivity index (χ0n) is 10.3. The van der Waals surface area contributed by atoms with Crippen LogP contribution in [0.1, 0.15) is 19.0 Å². The second-order valence-electron chi connectivity index (χ2n) is 3.92. The predicted octanol–water partition coefficient (Wildman–Crippen LogP) is 1.76. The highest BCUT2D eigenvalue weighted by molar-refractivity contribution is 9.10. The van der Waals surface area contributed by atoms with E-state index >= 15 is 0 Å². The molecule has 0 aliphatic carbocycles. The molecule has 0 bridgehead atoms. The molecule has 1 aromatic heterocycles. The number of rotatable bonds is 4. The lowest BCUT2D eigenvalue weighted by Gasteiger charge is -2.03. The number of nitrogens with one attached hydrogen (secondary N) is 1. The van der Waals surface area contributed by atoms with E-state index in [9.17, 15) is 9.90 Å². The van der Waals surface area contributed by atoms with Crippen LogP contribution in [-0.4, -0.2) is 26.0 Å². The summed E-state index contributed by atoms with van der Waals surface area (Å²) in [6.45, 7) is 2.10. The Morgan fingerprint density at radius 3 is 3.05 bits per heavy atom. The van der Waals surface area contributed by atoms with Crippen molar-refractivity contribution in [2.24, 2.45) is 0 Å². The number of halogens is 1. The Labute approximate surface area is 118 Å². The van der Waals surface area contributed by atoms with Gasteiger partial charge in [0.25, 0.3) is 0 Å². The monoisotopic (exact) mass is 324 g/mol.